The summed E-state index contributed by atoms with van der Waals surface area (Å²) in [7, 11) is 1.59. The Hall–Kier alpha value is -3.10. The molecule has 0 aliphatic carbocycles. The summed E-state index contributed by atoms with van der Waals surface area (Å²) in [5.41, 5.74) is 4.02. The van der Waals surface area contributed by atoms with E-state index in [1.807, 2.05) is 6.92 Å². The lowest BCUT2D eigenvalue weighted by Crippen LogP contribution is -2.64. The Morgan fingerprint density at radius 3 is 2.80 bits per heavy atom. The zero-order valence-electron chi connectivity index (χ0n) is 14.2. The largest absolute Gasteiger partial charge is 0.507 e. The number of amides is 3. The molecule has 0 aromatic heterocycles. The van der Waals surface area contributed by atoms with Crippen LogP contribution in [0.2, 0.25) is 0 Å². The fourth-order valence-corrected chi connectivity index (χ4v) is 2.94. The molecule has 0 bridgehead atoms. The van der Waals surface area contributed by atoms with E-state index in [2.05, 4.69) is 20.8 Å². The predicted molar refractivity (Wildman–Crippen MR) is 92.1 cm³/mol. The molecule has 1 fully saturated rings. The first-order valence-electron chi connectivity index (χ1n) is 7.94. The van der Waals surface area contributed by atoms with E-state index in [1.165, 1.54) is 4.90 Å². The van der Waals surface area contributed by atoms with Crippen molar-refractivity contribution in [3.05, 3.63) is 29.8 Å². The van der Waals surface area contributed by atoms with Crippen molar-refractivity contribution in [1.82, 2.24) is 20.5 Å². The van der Waals surface area contributed by atoms with E-state index >= 15 is 0 Å². The van der Waals surface area contributed by atoms with Gasteiger partial charge in [0, 0.05) is 19.2 Å². The number of hydrazone groups is 1. The molecule has 2 heterocycles. The molecule has 2 aliphatic rings. The van der Waals surface area contributed by atoms with E-state index in [0.29, 0.717) is 23.8 Å². The van der Waals surface area contributed by atoms with Crippen molar-refractivity contribution < 1.29 is 14.7 Å². The zero-order chi connectivity index (χ0) is 18.1. The van der Waals surface area contributed by atoms with Crippen molar-refractivity contribution in [2.45, 2.75) is 26.1 Å². The van der Waals surface area contributed by atoms with E-state index in [-0.39, 0.29) is 11.7 Å². The highest BCUT2D eigenvalue weighted by Crippen LogP contribution is 2.23. The second-order valence-electron chi connectivity index (χ2n) is 5.83. The summed E-state index contributed by atoms with van der Waals surface area (Å²) < 4.78 is 0. The first-order chi connectivity index (χ1) is 11.9. The number of nitrogens with one attached hydrogen (secondary N) is 2. The normalized spacial score (nSPS) is 23.3. The van der Waals surface area contributed by atoms with Crippen molar-refractivity contribution in [3.63, 3.8) is 0 Å². The minimum atomic E-state index is -0.593. The quantitative estimate of drug-likeness (QED) is 0.539. The van der Waals surface area contributed by atoms with Crippen molar-refractivity contribution in [2.75, 3.05) is 13.6 Å². The number of carbonyl (C=O) groups is 2. The van der Waals surface area contributed by atoms with E-state index in [0.717, 1.165) is 0 Å². The van der Waals surface area contributed by atoms with Crippen LogP contribution in [0.3, 0.4) is 0 Å². The molecule has 2 atom stereocenters. The summed E-state index contributed by atoms with van der Waals surface area (Å²) in [6.45, 7) is 4.17. The molecule has 0 radical (unpaired) electrons. The van der Waals surface area contributed by atoms with E-state index < -0.39 is 18.2 Å². The monoisotopic (exact) mass is 344 g/mol. The standard InChI is InChI=1S/C16H20N6O3/c1-4-22-12-13(21(3)16(25)18-14(12)24)17-15(22)20-19-9(2)10-7-5-6-8-11(10)23/h5-8,12-13,23H,4H2,1-3H3,(H,17,20)(H,18,24,25)/b19-9-. The summed E-state index contributed by atoms with van der Waals surface area (Å²) in [6, 6.07) is 5.81. The lowest BCUT2D eigenvalue weighted by molar-refractivity contribution is -0.127. The lowest BCUT2D eigenvalue weighted by Gasteiger charge is -2.35. The van der Waals surface area contributed by atoms with Crippen LogP contribution in [0.4, 0.5) is 4.79 Å². The van der Waals surface area contributed by atoms with Gasteiger partial charge in [0.1, 0.15) is 5.75 Å². The van der Waals surface area contributed by atoms with Crippen molar-refractivity contribution >= 4 is 23.6 Å². The van der Waals surface area contributed by atoms with Gasteiger partial charge in [0.25, 0.3) is 5.91 Å². The summed E-state index contributed by atoms with van der Waals surface area (Å²) in [5.74, 6) is 0.158. The number of imide groups is 1. The van der Waals surface area contributed by atoms with Crippen LogP contribution in [0.25, 0.3) is 0 Å². The summed E-state index contributed by atoms with van der Waals surface area (Å²) in [6.07, 6.45) is -0.593. The fraction of sp³-hybridized carbons (Fsp3) is 0.375. The highest BCUT2D eigenvalue weighted by molar-refractivity contribution is 6.04. The fourth-order valence-electron chi connectivity index (χ4n) is 2.94. The molecule has 2 unspecified atom stereocenters. The van der Waals surface area contributed by atoms with E-state index in [1.54, 1.807) is 43.1 Å². The SMILES string of the molecule is CCN1C(N/N=C(/C)c2ccccc2O)=NC2C1C(=O)NC(=O)N2C. The van der Waals surface area contributed by atoms with Gasteiger partial charge in [-0.15, -0.1) is 0 Å². The molecular weight excluding hydrogens is 324 g/mol. The number of benzene rings is 1. The van der Waals surface area contributed by atoms with Gasteiger partial charge in [-0.3, -0.25) is 10.1 Å². The van der Waals surface area contributed by atoms with Crippen molar-refractivity contribution in [2.24, 2.45) is 10.1 Å². The third-order valence-corrected chi connectivity index (χ3v) is 4.32. The molecule has 132 valence electrons. The molecule has 0 spiro atoms. The average molecular weight is 344 g/mol. The molecule has 1 aromatic carbocycles. The van der Waals surface area contributed by atoms with Crippen molar-refractivity contribution in [1.29, 1.82) is 0 Å². The highest BCUT2D eigenvalue weighted by Gasteiger charge is 2.48. The minimum absolute atomic E-state index is 0.129. The molecule has 9 heteroatoms. The van der Waals surface area contributed by atoms with Gasteiger partial charge in [-0.05, 0) is 26.0 Å². The summed E-state index contributed by atoms with van der Waals surface area (Å²) in [5, 5.41) is 16.5. The van der Waals surface area contributed by atoms with Gasteiger partial charge >= 0.3 is 6.03 Å². The average Bonchev–Trinajstić information content (AvgIpc) is 2.97. The minimum Gasteiger partial charge on any atom is -0.507 e. The Bertz CT molecular complexity index is 775. The Kier molecular flexibility index (Phi) is 4.30. The first kappa shape index (κ1) is 16.7. The third-order valence-electron chi connectivity index (χ3n) is 4.32. The molecule has 3 rings (SSSR count). The third kappa shape index (κ3) is 2.88. The molecule has 25 heavy (non-hydrogen) atoms. The molecule has 2 aliphatic heterocycles. The number of hydrogen-bond donors (Lipinski definition) is 3. The van der Waals surface area contributed by atoms with E-state index in [4.69, 9.17) is 0 Å². The number of carbonyl (C=O) groups excluding carboxylic acids is 2. The van der Waals surface area contributed by atoms with Gasteiger partial charge in [-0.2, -0.15) is 5.10 Å². The van der Waals surface area contributed by atoms with Crippen LogP contribution in [0.5, 0.6) is 5.75 Å². The van der Waals surface area contributed by atoms with Crippen LogP contribution < -0.4 is 10.7 Å². The van der Waals surface area contributed by atoms with E-state index in [9.17, 15) is 14.7 Å². The molecular formula is C16H20N6O3. The van der Waals surface area contributed by atoms with Gasteiger partial charge in [0.2, 0.25) is 5.96 Å². The maximum absolute atomic E-state index is 12.2. The Morgan fingerprint density at radius 2 is 2.12 bits per heavy atom. The Labute approximate surface area is 145 Å². The Morgan fingerprint density at radius 1 is 1.40 bits per heavy atom. The van der Waals surface area contributed by atoms with Gasteiger partial charge in [-0.25, -0.2) is 15.2 Å². The maximum atomic E-state index is 12.2. The smallest absolute Gasteiger partial charge is 0.325 e. The van der Waals surface area contributed by atoms with Crippen LogP contribution in [0, 0.1) is 0 Å². The van der Waals surface area contributed by atoms with Crippen molar-refractivity contribution in [3.8, 4) is 5.75 Å². The molecule has 3 amide bonds. The highest BCUT2D eigenvalue weighted by atomic mass is 16.3. The molecule has 0 saturated carbocycles. The second-order valence-corrected chi connectivity index (χ2v) is 5.83. The van der Waals surface area contributed by atoms with Gasteiger partial charge in [0.05, 0.1) is 5.71 Å². The lowest BCUT2D eigenvalue weighted by atomic mass is 10.1. The number of nitrogens with zero attached hydrogens (tertiary/aromatic N) is 4. The number of phenols is 1. The molecule has 3 N–H and O–H groups in total. The number of rotatable bonds is 3. The number of fused-ring (bicyclic) bond motifs is 1. The number of para-hydroxylation sites is 1. The molecule has 1 aromatic rings. The Balaban J connectivity index is 1.84. The number of urea groups is 1. The number of hydrogen-bond acceptors (Lipinski definition) is 7. The van der Waals surface area contributed by atoms with Gasteiger partial charge in [-0.1, -0.05) is 12.1 Å². The number of likely N-dealkylation sites (N-methyl/N-ethyl adjacent to an activating group) is 2. The van der Waals surface area contributed by atoms with Crippen LogP contribution in [-0.2, 0) is 4.79 Å². The summed E-state index contributed by atoms with van der Waals surface area (Å²) >= 11 is 0. The van der Waals surface area contributed by atoms with Crippen LogP contribution in [0.1, 0.15) is 19.4 Å². The maximum Gasteiger partial charge on any atom is 0.325 e. The molecule has 1 saturated heterocycles. The second kappa shape index (κ2) is 6.42. The van der Waals surface area contributed by atoms with Crippen LogP contribution >= 0.6 is 0 Å². The van der Waals surface area contributed by atoms with Crippen LogP contribution in [0.15, 0.2) is 34.4 Å². The number of aliphatic imine (C=N–C) groups is 1. The first-order valence-corrected chi connectivity index (χ1v) is 7.94. The summed E-state index contributed by atoms with van der Waals surface area (Å²) in [4.78, 5) is 31.5. The number of guanidine groups is 1. The zero-order valence-corrected chi connectivity index (χ0v) is 14.2. The molecule has 9 nitrogen and oxygen atoms in total. The van der Waals surface area contributed by atoms with Crippen LogP contribution in [-0.4, -0.2) is 64.3 Å². The number of aromatic hydroxyl groups is 1. The van der Waals surface area contributed by atoms with Gasteiger partial charge in [0.15, 0.2) is 12.2 Å². The van der Waals surface area contributed by atoms with Gasteiger partial charge < -0.3 is 14.9 Å². The predicted octanol–water partition coefficient (Wildman–Crippen LogP) is 0.274. The topological polar surface area (TPSA) is 110 Å². The number of phenolic OH excluding ortho intramolecular Hbond substituents is 1.